The first-order chi connectivity index (χ1) is 8.70. The molecule has 3 heteroatoms. The van der Waals surface area contributed by atoms with E-state index in [9.17, 15) is 4.79 Å². The first-order valence-corrected chi connectivity index (χ1v) is 7.04. The predicted octanol–water partition coefficient (Wildman–Crippen LogP) is 4.07. The Labute approximate surface area is 116 Å². The second kappa shape index (κ2) is 6.19. The Hall–Kier alpha value is -1.09. The maximum absolute atomic E-state index is 12.2. The Kier molecular flexibility index (Phi) is 4.59. The topological polar surface area (TPSA) is 26.3 Å². The Bertz CT molecular complexity index is 477. The normalized spacial score (nSPS) is 15.1. The molecule has 1 aromatic rings. The van der Waals surface area contributed by atoms with E-state index in [1.165, 1.54) is 6.42 Å². The summed E-state index contributed by atoms with van der Waals surface area (Å²) in [6.07, 6.45) is 6.82. The summed E-state index contributed by atoms with van der Waals surface area (Å²) < 4.78 is 6.27. The van der Waals surface area contributed by atoms with Crippen LogP contribution in [0.25, 0.3) is 0 Å². The van der Waals surface area contributed by atoms with Gasteiger partial charge in [-0.1, -0.05) is 22.0 Å². The molecule has 0 unspecified atom stereocenters. The van der Waals surface area contributed by atoms with E-state index < -0.39 is 0 Å². The number of ketones is 1. The summed E-state index contributed by atoms with van der Waals surface area (Å²) in [7, 11) is 1.64. The Morgan fingerprint density at radius 2 is 2.22 bits per heavy atom. The van der Waals surface area contributed by atoms with Crippen LogP contribution in [0.5, 0.6) is 5.75 Å². The Morgan fingerprint density at radius 1 is 1.39 bits per heavy atom. The SMILES string of the molecule is COc1ccc(Br)cc1CC(=O)C1=CCCCC1. The maximum atomic E-state index is 12.2. The van der Waals surface area contributed by atoms with E-state index in [-0.39, 0.29) is 5.78 Å². The number of carbonyl (C=O) groups excluding carboxylic acids is 1. The summed E-state index contributed by atoms with van der Waals surface area (Å²) >= 11 is 3.43. The van der Waals surface area contributed by atoms with Crippen molar-refractivity contribution >= 4 is 21.7 Å². The lowest BCUT2D eigenvalue weighted by Crippen LogP contribution is -2.09. The average Bonchev–Trinajstić information content (AvgIpc) is 2.40. The molecule has 0 saturated carbocycles. The van der Waals surface area contributed by atoms with Crippen molar-refractivity contribution in [1.82, 2.24) is 0 Å². The van der Waals surface area contributed by atoms with Gasteiger partial charge in [-0.15, -0.1) is 0 Å². The number of carbonyl (C=O) groups is 1. The summed E-state index contributed by atoms with van der Waals surface area (Å²) in [6.45, 7) is 0. The molecule has 0 fully saturated rings. The van der Waals surface area contributed by atoms with Gasteiger partial charge >= 0.3 is 0 Å². The van der Waals surface area contributed by atoms with Crippen molar-refractivity contribution in [3.05, 3.63) is 39.9 Å². The number of halogens is 1. The fraction of sp³-hybridized carbons (Fsp3) is 0.400. The van der Waals surface area contributed by atoms with Gasteiger partial charge in [-0.05, 0) is 49.5 Å². The van der Waals surface area contributed by atoms with Gasteiger partial charge in [0.2, 0.25) is 0 Å². The summed E-state index contributed by atoms with van der Waals surface area (Å²) in [5.74, 6) is 1.01. The number of allylic oxidation sites excluding steroid dienone is 2. The molecule has 0 radical (unpaired) electrons. The lowest BCUT2D eigenvalue weighted by atomic mass is 9.93. The number of Topliss-reactive ketones (excluding diaryl/α,β-unsaturated/α-hetero) is 1. The average molecular weight is 309 g/mol. The van der Waals surface area contributed by atoms with Crippen LogP contribution in [-0.2, 0) is 11.2 Å². The van der Waals surface area contributed by atoms with Crippen LogP contribution < -0.4 is 4.74 Å². The lowest BCUT2D eigenvalue weighted by Gasteiger charge is -2.13. The molecule has 0 aromatic heterocycles. The summed E-state index contributed by atoms with van der Waals surface area (Å²) in [4.78, 5) is 12.2. The highest BCUT2D eigenvalue weighted by Gasteiger charge is 2.15. The number of ether oxygens (including phenoxy) is 1. The molecule has 1 aliphatic rings. The second-order valence-electron chi connectivity index (χ2n) is 4.53. The number of hydrogen-bond donors (Lipinski definition) is 0. The van der Waals surface area contributed by atoms with Gasteiger partial charge in [0.1, 0.15) is 5.75 Å². The van der Waals surface area contributed by atoms with E-state index in [2.05, 4.69) is 22.0 Å². The van der Waals surface area contributed by atoms with Crippen molar-refractivity contribution in [2.45, 2.75) is 32.1 Å². The second-order valence-corrected chi connectivity index (χ2v) is 5.45. The summed E-state index contributed by atoms with van der Waals surface area (Å²) in [6, 6.07) is 5.77. The van der Waals surface area contributed by atoms with Crippen molar-refractivity contribution in [3.8, 4) is 5.75 Å². The molecular formula is C15H17BrO2. The molecule has 18 heavy (non-hydrogen) atoms. The zero-order valence-corrected chi connectivity index (χ0v) is 12.1. The lowest BCUT2D eigenvalue weighted by molar-refractivity contribution is -0.115. The first-order valence-electron chi connectivity index (χ1n) is 6.25. The third-order valence-electron chi connectivity index (χ3n) is 3.24. The van der Waals surface area contributed by atoms with E-state index in [1.807, 2.05) is 18.2 Å². The van der Waals surface area contributed by atoms with Gasteiger partial charge in [-0.25, -0.2) is 0 Å². The maximum Gasteiger partial charge on any atom is 0.163 e. The third kappa shape index (κ3) is 3.22. The molecule has 0 saturated heterocycles. The minimum atomic E-state index is 0.228. The van der Waals surface area contributed by atoms with E-state index in [4.69, 9.17) is 4.74 Å². The number of methoxy groups -OCH3 is 1. The molecule has 2 rings (SSSR count). The van der Waals surface area contributed by atoms with Gasteiger partial charge in [0.25, 0.3) is 0 Å². The van der Waals surface area contributed by atoms with Crippen molar-refractivity contribution in [2.24, 2.45) is 0 Å². The molecule has 0 amide bonds. The Morgan fingerprint density at radius 3 is 2.89 bits per heavy atom. The van der Waals surface area contributed by atoms with E-state index in [0.717, 1.165) is 40.6 Å². The van der Waals surface area contributed by atoms with Gasteiger partial charge in [0, 0.05) is 16.5 Å². The largest absolute Gasteiger partial charge is 0.496 e. The molecule has 0 spiro atoms. The minimum absolute atomic E-state index is 0.228. The molecule has 0 heterocycles. The quantitative estimate of drug-likeness (QED) is 0.838. The Balaban J connectivity index is 2.15. The highest BCUT2D eigenvalue weighted by Crippen LogP contribution is 2.26. The van der Waals surface area contributed by atoms with E-state index >= 15 is 0 Å². The molecule has 1 aliphatic carbocycles. The fourth-order valence-corrected chi connectivity index (χ4v) is 2.67. The molecule has 0 atom stereocenters. The van der Waals surface area contributed by atoms with Crippen molar-refractivity contribution in [2.75, 3.05) is 7.11 Å². The fourth-order valence-electron chi connectivity index (χ4n) is 2.26. The van der Waals surface area contributed by atoms with Gasteiger partial charge in [0.15, 0.2) is 5.78 Å². The van der Waals surface area contributed by atoms with Gasteiger partial charge in [-0.3, -0.25) is 4.79 Å². The van der Waals surface area contributed by atoms with Crippen LogP contribution in [0.1, 0.15) is 31.2 Å². The highest BCUT2D eigenvalue weighted by molar-refractivity contribution is 9.10. The zero-order chi connectivity index (χ0) is 13.0. The van der Waals surface area contributed by atoms with Gasteiger partial charge < -0.3 is 4.74 Å². The smallest absolute Gasteiger partial charge is 0.163 e. The zero-order valence-electron chi connectivity index (χ0n) is 10.5. The molecule has 0 N–H and O–H groups in total. The number of benzene rings is 1. The monoisotopic (exact) mass is 308 g/mol. The van der Waals surface area contributed by atoms with Crippen molar-refractivity contribution in [1.29, 1.82) is 0 Å². The minimum Gasteiger partial charge on any atom is -0.496 e. The molecule has 96 valence electrons. The highest BCUT2D eigenvalue weighted by atomic mass is 79.9. The summed E-state index contributed by atoms with van der Waals surface area (Å²) in [5, 5.41) is 0. The molecular weight excluding hydrogens is 292 g/mol. The number of hydrogen-bond acceptors (Lipinski definition) is 2. The van der Waals surface area contributed by atoms with Crippen LogP contribution in [-0.4, -0.2) is 12.9 Å². The van der Waals surface area contributed by atoms with Crippen LogP contribution in [0.3, 0.4) is 0 Å². The standard InChI is InChI=1S/C15H17BrO2/c1-18-15-8-7-13(16)9-12(15)10-14(17)11-5-3-2-4-6-11/h5,7-9H,2-4,6,10H2,1H3. The molecule has 2 nitrogen and oxygen atoms in total. The van der Waals surface area contributed by atoms with Crippen LogP contribution in [0, 0.1) is 0 Å². The van der Waals surface area contributed by atoms with Crippen LogP contribution in [0.15, 0.2) is 34.3 Å². The van der Waals surface area contributed by atoms with Gasteiger partial charge in [-0.2, -0.15) is 0 Å². The third-order valence-corrected chi connectivity index (χ3v) is 3.74. The number of rotatable bonds is 4. The molecule has 0 bridgehead atoms. The van der Waals surface area contributed by atoms with Crippen molar-refractivity contribution in [3.63, 3.8) is 0 Å². The van der Waals surface area contributed by atoms with E-state index in [0.29, 0.717) is 6.42 Å². The predicted molar refractivity (Wildman–Crippen MR) is 76.0 cm³/mol. The van der Waals surface area contributed by atoms with E-state index in [1.54, 1.807) is 7.11 Å². The van der Waals surface area contributed by atoms with Crippen LogP contribution >= 0.6 is 15.9 Å². The summed E-state index contributed by atoms with van der Waals surface area (Å²) in [5.41, 5.74) is 1.94. The first kappa shape index (κ1) is 13.3. The molecule has 1 aromatic carbocycles. The van der Waals surface area contributed by atoms with Crippen LogP contribution in [0.2, 0.25) is 0 Å². The van der Waals surface area contributed by atoms with Crippen LogP contribution in [0.4, 0.5) is 0 Å². The van der Waals surface area contributed by atoms with Crippen molar-refractivity contribution < 1.29 is 9.53 Å². The van der Waals surface area contributed by atoms with Gasteiger partial charge in [0.05, 0.1) is 7.11 Å². The molecule has 0 aliphatic heterocycles.